The summed E-state index contributed by atoms with van der Waals surface area (Å²) in [6.45, 7) is 2.99. The van der Waals surface area contributed by atoms with Crippen molar-refractivity contribution in [2.45, 2.75) is 25.8 Å². The Morgan fingerprint density at radius 3 is 2.88 bits per heavy atom. The molecule has 0 bridgehead atoms. The van der Waals surface area contributed by atoms with Crippen molar-refractivity contribution in [2.24, 2.45) is 9.98 Å². The van der Waals surface area contributed by atoms with Crippen LogP contribution >= 0.6 is 0 Å². The topological polar surface area (TPSA) is 54.3 Å². The zero-order valence-corrected chi connectivity index (χ0v) is 14.7. The van der Waals surface area contributed by atoms with Crippen molar-refractivity contribution in [3.8, 4) is 0 Å². The Labute approximate surface area is 148 Å². The number of rotatable bonds is 3. The molecule has 1 unspecified atom stereocenters. The van der Waals surface area contributed by atoms with E-state index in [4.69, 9.17) is 4.74 Å². The Kier molecular flexibility index (Phi) is 5.43. The summed E-state index contributed by atoms with van der Waals surface area (Å²) in [7, 11) is 1.65. The van der Waals surface area contributed by atoms with Gasteiger partial charge in [0.25, 0.3) is 5.91 Å². The molecule has 0 radical (unpaired) electrons. The van der Waals surface area contributed by atoms with Gasteiger partial charge in [-0.1, -0.05) is 36.4 Å². The number of amides is 1. The average molecular weight is 337 g/mol. The van der Waals surface area contributed by atoms with Gasteiger partial charge >= 0.3 is 6.02 Å². The van der Waals surface area contributed by atoms with Crippen molar-refractivity contribution in [1.82, 2.24) is 4.90 Å². The Hall–Kier alpha value is -2.69. The molecule has 5 nitrogen and oxygen atoms in total. The molecule has 3 rings (SSSR count). The maximum atomic E-state index is 13.1. The molecule has 1 saturated heterocycles. The van der Waals surface area contributed by atoms with Crippen LogP contribution in [0.15, 0.2) is 52.4 Å². The number of fused-ring (bicyclic) bond motifs is 1. The molecule has 25 heavy (non-hydrogen) atoms. The van der Waals surface area contributed by atoms with Crippen LogP contribution in [0.3, 0.4) is 0 Å². The largest absolute Gasteiger partial charge is 0.462 e. The van der Waals surface area contributed by atoms with Crippen LogP contribution in [0.25, 0.3) is 10.8 Å². The molecular formula is C20H23N3O2. The highest BCUT2D eigenvalue weighted by atomic mass is 16.5. The van der Waals surface area contributed by atoms with Crippen LogP contribution in [0.5, 0.6) is 0 Å². The Morgan fingerprint density at radius 1 is 1.28 bits per heavy atom. The van der Waals surface area contributed by atoms with E-state index in [1.807, 2.05) is 54.3 Å². The summed E-state index contributed by atoms with van der Waals surface area (Å²) in [5, 5.41) is 2.07. The molecule has 1 amide bonds. The highest BCUT2D eigenvalue weighted by molar-refractivity contribution is 6.07. The first-order chi connectivity index (χ1) is 12.2. The van der Waals surface area contributed by atoms with Gasteiger partial charge in [-0.25, -0.2) is 9.98 Å². The number of ether oxygens (including phenoxy) is 1. The summed E-state index contributed by atoms with van der Waals surface area (Å²) in [6, 6.07) is 14.3. The van der Waals surface area contributed by atoms with Crippen LogP contribution < -0.4 is 0 Å². The van der Waals surface area contributed by atoms with Crippen molar-refractivity contribution in [3.05, 3.63) is 48.0 Å². The van der Waals surface area contributed by atoms with Gasteiger partial charge in [0.2, 0.25) is 0 Å². The van der Waals surface area contributed by atoms with E-state index in [0.29, 0.717) is 12.6 Å². The van der Waals surface area contributed by atoms with Crippen LogP contribution in [0, 0.1) is 0 Å². The molecule has 2 aromatic rings. The molecule has 0 spiro atoms. The SMILES string of the molecule is CC=NC(=NC)OCC1CCCN1C(=O)c1cccc2ccccc12. The van der Waals surface area contributed by atoms with Crippen LogP contribution in [-0.4, -0.2) is 49.3 Å². The lowest BCUT2D eigenvalue weighted by molar-refractivity contribution is 0.0686. The third-order valence-corrected chi connectivity index (χ3v) is 4.49. The number of carbonyl (C=O) groups excluding carboxylic acids is 1. The first kappa shape index (κ1) is 17.1. The number of amidine groups is 1. The molecule has 1 fully saturated rings. The highest BCUT2D eigenvalue weighted by Crippen LogP contribution is 2.25. The van der Waals surface area contributed by atoms with Gasteiger partial charge in [-0.05, 0) is 36.6 Å². The molecule has 5 heteroatoms. The zero-order chi connectivity index (χ0) is 17.6. The third kappa shape index (κ3) is 3.71. The number of hydrogen-bond donors (Lipinski definition) is 0. The van der Waals surface area contributed by atoms with E-state index in [-0.39, 0.29) is 11.9 Å². The minimum Gasteiger partial charge on any atom is -0.462 e. The van der Waals surface area contributed by atoms with Crippen molar-refractivity contribution in [1.29, 1.82) is 0 Å². The summed E-state index contributed by atoms with van der Waals surface area (Å²) in [5.41, 5.74) is 0.751. The average Bonchev–Trinajstić information content (AvgIpc) is 3.12. The van der Waals surface area contributed by atoms with Crippen LogP contribution in [0.2, 0.25) is 0 Å². The fourth-order valence-corrected chi connectivity index (χ4v) is 3.28. The molecule has 0 aromatic heterocycles. The molecular weight excluding hydrogens is 314 g/mol. The van der Waals surface area contributed by atoms with Gasteiger partial charge in [0.15, 0.2) is 0 Å². The summed E-state index contributed by atoms with van der Waals surface area (Å²) >= 11 is 0. The van der Waals surface area contributed by atoms with E-state index >= 15 is 0 Å². The first-order valence-electron chi connectivity index (χ1n) is 8.61. The second-order valence-electron chi connectivity index (χ2n) is 6.03. The number of aliphatic imine (C=N–C) groups is 2. The number of likely N-dealkylation sites (tertiary alicyclic amines) is 1. The van der Waals surface area contributed by atoms with Crippen LogP contribution in [0.1, 0.15) is 30.1 Å². The molecule has 1 heterocycles. The normalized spacial score (nSPS) is 18.2. The molecule has 1 atom stereocenters. The lowest BCUT2D eigenvalue weighted by Crippen LogP contribution is -2.38. The van der Waals surface area contributed by atoms with Crippen molar-refractivity contribution in [3.63, 3.8) is 0 Å². The molecule has 1 aliphatic rings. The smallest absolute Gasteiger partial charge is 0.311 e. The van der Waals surface area contributed by atoms with E-state index in [1.165, 1.54) is 0 Å². The Balaban J connectivity index is 1.78. The van der Waals surface area contributed by atoms with Crippen molar-refractivity contribution in [2.75, 3.05) is 20.2 Å². The van der Waals surface area contributed by atoms with Gasteiger partial charge in [0, 0.05) is 25.4 Å². The first-order valence-corrected chi connectivity index (χ1v) is 8.61. The number of carbonyl (C=O) groups is 1. The van der Waals surface area contributed by atoms with Gasteiger partial charge in [0.1, 0.15) is 6.61 Å². The van der Waals surface area contributed by atoms with E-state index in [2.05, 4.69) is 9.98 Å². The zero-order valence-electron chi connectivity index (χ0n) is 14.7. The summed E-state index contributed by atoms with van der Waals surface area (Å²) in [6.07, 6.45) is 3.57. The molecule has 1 aliphatic heterocycles. The predicted molar refractivity (Wildman–Crippen MR) is 101 cm³/mol. The predicted octanol–water partition coefficient (Wildman–Crippen LogP) is 3.54. The standard InChI is InChI=1S/C20H23N3O2/c1-3-22-20(21-2)25-14-16-10-7-13-23(16)19(24)18-12-6-9-15-8-4-5-11-17(15)18/h3-6,8-9,11-12,16H,7,10,13-14H2,1-2H3. The van der Waals surface area contributed by atoms with Gasteiger partial charge in [-0.3, -0.25) is 4.79 Å². The summed E-state index contributed by atoms with van der Waals surface area (Å²) in [4.78, 5) is 23.1. The fourth-order valence-electron chi connectivity index (χ4n) is 3.28. The molecule has 130 valence electrons. The molecule has 0 N–H and O–H groups in total. The van der Waals surface area contributed by atoms with Crippen LogP contribution in [-0.2, 0) is 4.74 Å². The Morgan fingerprint density at radius 2 is 2.08 bits per heavy atom. The minimum absolute atomic E-state index is 0.0512. The van der Waals surface area contributed by atoms with E-state index < -0.39 is 0 Å². The maximum absolute atomic E-state index is 13.1. The van der Waals surface area contributed by atoms with Gasteiger partial charge in [-0.2, -0.15) is 0 Å². The van der Waals surface area contributed by atoms with Crippen molar-refractivity contribution >= 4 is 28.9 Å². The lowest BCUT2D eigenvalue weighted by Gasteiger charge is -2.25. The van der Waals surface area contributed by atoms with E-state index in [1.54, 1.807) is 13.3 Å². The monoisotopic (exact) mass is 337 g/mol. The molecule has 0 saturated carbocycles. The highest BCUT2D eigenvalue weighted by Gasteiger charge is 2.30. The minimum atomic E-state index is 0.0512. The van der Waals surface area contributed by atoms with Crippen LogP contribution in [0.4, 0.5) is 0 Å². The van der Waals surface area contributed by atoms with Gasteiger partial charge in [0.05, 0.1) is 6.04 Å². The van der Waals surface area contributed by atoms with Crippen molar-refractivity contribution < 1.29 is 9.53 Å². The second kappa shape index (κ2) is 7.92. The quantitative estimate of drug-likeness (QED) is 0.635. The number of hydrogen-bond acceptors (Lipinski definition) is 3. The Bertz CT molecular complexity index is 808. The second-order valence-corrected chi connectivity index (χ2v) is 6.03. The number of nitrogens with zero attached hydrogens (tertiary/aromatic N) is 3. The summed E-state index contributed by atoms with van der Waals surface area (Å²) < 4.78 is 5.68. The third-order valence-electron chi connectivity index (χ3n) is 4.49. The fraction of sp³-hybridized carbons (Fsp3) is 0.350. The number of benzene rings is 2. The molecule has 0 aliphatic carbocycles. The summed E-state index contributed by atoms with van der Waals surface area (Å²) in [5.74, 6) is 0.0666. The van der Waals surface area contributed by atoms with E-state index in [9.17, 15) is 4.79 Å². The molecule has 2 aromatic carbocycles. The van der Waals surface area contributed by atoms with Gasteiger partial charge in [-0.15, -0.1) is 0 Å². The van der Waals surface area contributed by atoms with Gasteiger partial charge < -0.3 is 9.64 Å². The lowest BCUT2D eigenvalue weighted by atomic mass is 10.0. The maximum Gasteiger partial charge on any atom is 0.311 e. The van der Waals surface area contributed by atoms with E-state index in [0.717, 1.165) is 35.7 Å².